The van der Waals surface area contributed by atoms with Crippen LogP contribution in [0, 0.1) is 0 Å². The van der Waals surface area contributed by atoms with E-state index in [0.717, 1.165) is 64.6 Å². The molecular weight excluding hydrogens is 535 g/mol. The first-order chi connectivity index (χ1) is 19.8. The zero-order valence-electron chi connectivity index (χ0n) is 21.7. The number of ether oxygens (including phenoxy) is 1. The van der Waals surface area contributed by atoms with Crippen molar-refractivity contribution in [2.24, 2.45) is 0 Å². The first kappa shape index (κ1) is 26.4. The average Bonchev–Trinajstić information content (AvgIpc) is 3.41. The predicted octanol–water partition coefficient (Wildman–Crippen LogP) is 4.54. The topological polar surface area (TPSA) is 110 Å². The van der Waals surface area contributed by atoms with Crippen molar-refractivity contribution in [2.75, 3.05) is 36.5 Å². The summed E-state index contributed by atoms with van der Waals surface area (Å²) in [5.74, 6) is 0.455. The molecule has 0 aliphatic carbocycles. The van der Waals surface area contributed by atoms with Gasteiger partial charge in [0.05, 0.1) is 25.3 Å². The number of aromatic amines is 2. The first-order valence-electron chi connectivity index (χ1n) is 12.9. The zero-order valence-corrected chi connectivity index (χ0v) is 21.7. The van der Waals surface area contributed by atoms with Crippen LogP contribution in [0.2, 0.25) is 0 Å². The normalized spacial score (nSPS) is 13.9. The SMILES string of the molecule is O=C(Cc1ccc(-c2cnc3[nH]c(-c4ccc(N5CCOCC5)nc4)cc3c2)cn1)Nc1cc[nH+]c(C(F)(F)F)c1. The van der Waals surface area contributed by atoms with Gasteiger partial charge in [-0.15, -0.1) is 0 Å². The van der Waals surface area contributed by atoms with Crippen LogP contribution in [0.25, 0.3) is 33.4 Å². The number of alkyl halides is 3. The van der Waals surface area contributed by atoms with Crippen molar-refractivity contribution in [1.29, 1.82) is 0 Å². The van der Waals surface area contributed by atoms with Crippen molar-refractivity contribution in [3.63, 3.8) is 0 Å². The fourth-order valence-electron chi connectivity index (χ4n) is 4.63. The van der Waals surface area contributed by atoms with Gasteiger partial charge in [0.15, 0.2) is 6.20 Å². The average molecular weight is 561 g/mol. The van der Waals surface area contributed by atoms with E-state index in [1.54, 1.807) is 18.5 Å². The van der Waals surface area contributed by atoms with Gasteiger partial charge in [-0.25, -0.2) is 15.0 Å². The molecule has 41 heavy (non-hydrogen) atoms. The van der Waals surface area contributed by atoms with E-state index >= 15 is 0 Å². The van der Waals surface area contributed by atoms with E-state index in [1.165, 1.54) is 6.07 Å². The number of rotatable bonds is 6. The van der Waals surface area contributed by atoms with Gasteiger partial charge in [0, 0.05) is 77.3 Å². The lowest BCUT2D eigenvalue weighted by Crippen LogP contribution is -2.36. The summed E-state index contributed by atoms with van der Waals surface area (Å²) in [4.78, 5) is 33.6. The lowest BCUT2D eigenvalue weighted by atomic mass is 10.1. The highest BCUT2D eigenvalue weighted by Crippen LogP contribution is 2.29. The molecular formula is C29H25F3N7O2+. The van der Waals surface area contributed by atoms with Crippen LogP contribution in [0.15, 0.2) is 73.3 Å². The van der Waals surface area contributed by atoms with Crippen LogP contribution in [-0.4, -0.2) is 52.1 Å². The second kappa shape index (κ2) is 11.0. The number of morpholine rings is 1. The number of amides is 1. The summed E-state index contributed by atoms with van der Waals surface area (Å²) < 4.78 is 44.1. The lowest BCUT2D eigenvalue weighted by molar-refractivity contribution is -0.425. The molecule has 6 rings (SSSR count). The van der Waals surface area contributed by atoms with Gasteiger partial charge in [0.2, 0.25) is 5.91 Å². The summed E-state index contributed by atoms with van der Waals surface area (Å²) >= 11 is 0. The monoisotopic (exact) mass is 560 g/mol. The standard InChI is InChI=1S/C29H24F3N7O2/c30-29(31,32)25-13-23(5-6-33-25)37-27(40)14-22-3-1-18(15-34-22)21-11-20-12-24(38-28(20)36-17-21)19-2-4-26(35-16-19)39-7-9-41-10-8-39/h1-6,11-13,15-17H,7-10,14H2,(H,36,38)(H,33,37,40)/p+1. The Morgan fingerprint density at radius 1 is 0.951 bits per heavy atom. The van der Waals surface area contributed by atoms with E-state index in [1.807, 2.05) is 36.5 Å². The summed E-state index contributed by atoms with van der Waals surface area (Å²) in [6, 6.07) is 13.8. The third kappa shape index (κ3) is 6.02. The molecule has 3 N–H and O–H groups in total. The second-order valence-electron chi connectivity index (χ2n) is 9.60. The number of halogens is 3. The fraction of sp³-hybridized carbons (Fsp3) is 0.207. The number of H-pyrrole nitrogens is 2. The molecule has 6 heterocycles. The zero-order chi connectivity index (χ0) is 28.4. The highest BCUT2D eigenvalue weighted by molar-refractivity contribution is 5.92. The number of aromatic nitrogens is 5. The molecule has 0 unspecified atom stereocenters. The number of pyridine rings is 4. The van der Waals surface area contributed by atoms with Crippen LogP contribution < -0.4 is 15.2 Å². The van der Waals surface area contributed by atoms with Gasteiger partial charge in [0.1, 0.15) is 11.5 Å². The van der Waals surface area contributed by atoms with Gasteiger partial charge in [-0.2, -0.15) is 13.2 Å². The summed E-state index contributed by atoms with van der Waals surface area (Å²) in [6.45, 7) is 3.06. The van der Waals surface area contributed by atoms with Crippen LogP contribution in [-0.2, 0) is 22.1 Å². The van der Waals surface area contributed by atoms with Crippen molar-refractivity contribution in [3.8, 4) is 22.4 Å². The van der Waals surface area contributed by atoms with Crippen molar-refractivity contribution in [2.45, 2.75) is 12.6 Å². The Hall–Kier alpha value is -4.84. The predicted molar refractivity (Wildman–Crippen MR) is 146 cm³/mol. The number of carbonyl (C=O) groups is 1. The van der Waals surface area contributed by atoms with Crippen molar-refractivity contribution < 1.29 is 27.7 Å². The minimum Gasteiger partial charge on any atom is -0.378 e. The van der Waals surface area contributed by atoms with E-state index in [2.05, 4.69) is 35.1 Å². The largest absolute Gasteiger partial charge is 0.477 e. The third-order valence-corrected chi connectivity index (χ3v) is 6.75. The fourth-order valence-corrected chi connectivity index (χ4v) is 4.63. The molecule has 208 valence electrons. The van der Waals surface area contributed by atoms with Crippen molar-refractivity contribution in [3.05, 3.63) is 84.7 Å². The summed E-state index contributed by atoms with van der Waals surface area (Å²) in [6.07, 6.45) is 1.74. The molecule has 0 bridgehead atoms. The summed E-state index contributed by atoms with van der Waals surface area (Å²) in [7, 11) is 0. The Morgan fingerprint density at radius 3 is 2.46 bits per heavy atom. The number of carbonyl (C=O) groups excluding carboxylic acids is 1. The molecule has 1 amide bonds. The maximum atomic E-state index is 12.9. The number of fused-ring (bicyclic) bond motifs is 1. The second-order valence-corrected chi connectivity index (χ2v) is 9.60. The van der Waals surface area contributed by atoms with Gasteiger partial charge >= 0.3 is 6.18 Å². The third-order valence-electron chi connectivity index (χ3n) is 6.75. The maximum absolute atomic E-state index is 12.9. The van der Waals surface area contributed by atoms with Crippen LogP contribution in [0.4, 0.5) is 24.7 Å². The van der Waals surface area contributed by atoms with Crippen LogP contribution in [0.1, 0.15) is 11.4 Å². The summed E-state index contributed by atoms with van der Waals surface area (Å²) in [5, 5.41) is 3.41. The molecule has 12 heteroatoms. The van der Waals surface area contributed by atoms with Crippen molar-refractivity contribution >= 4 is 28.4 Å². The number of nitrogens with one attached hydrogen (secondary N) is 3. The van der Waals surface area contributed by atoms with E-state index in [0.29, 0.717) is 18.9 Å². The van der Waals surface area contributed by atoms with Gasteiger partial charge in [-0.3, -0.25) is 9.78 Å². The highest BCUT2D eigenvalue weighted by Gasteiger charge is 2.38. The van der Waals surface area contributed by atoms with Gasteiger partial charge < -0.3 is 19.9 Å². The molecule has 0 spiro atoms. The van der Waals surface area contributed by atoms with Crippen molar-refractivity contribution in [1.82, 2.24) is 19.9 Å². The van der Waals surface area contributed by atoms with E-state index < -0.39 is 17.8 Å². The molecule has 0 atom stereocenters. The Bertz CT molecular complexity index is 1680. The lowest BCUT2D eigenvalue weighted by Gasteiger charge is -2.27. The van der Waals surface area contributed by atoms with Gasteiger partial charge in [0.25, 0.3) is 5.69 Å². The molecule has 9 nitrogen and oxygen atoms in total. The molecule has 1 saturated heterocycles. The van der Waals surface area contributed by atoms with E-state index in [4.69, 9.17) is 4.74 Å². The number of anilines is 2. The quantitative estimate of drug-likeness (QED) is 0.316. The summed E-state index contributed by atoms with van der Waals surface area (Å²) in [5.41, 5.74) is 3.86. The van der Waals surface area contributed by atoms with E-state index in [-0.39, 0.29) is 12.1 Å². The number of nitrogens with zero attached hydrogens (tertiary/aromatic N) is 4. The highest BCUT2D eigenvalue weighted by atomic mass is 19.4. The molecule has 0 aromatic carbocycles. The molecule has 5 aromatic rings. The van der Waals surface area contributed by atoms with Crippen LogP contribution >= 0.6 is 0 Å². The number of hydrogen-bond acceptors (Lipinski definition) is 6. The number of hydrogen-bond donors (Lipinski definition) is 2. The van der Waals surface area contributed by atoms with Gasteiger partial charge in [-0.05, 0) is 30.3 Å². The Morgan fingerprint density at radius 2 is 1.73 bits per heavy atom. The Kier molecular flexibility index (Phi) is 7.06. The Balaban J connectivity index is 1.12. The molecule has 0 radical (unpaired) electrons. The maximum Gasteiger partial charge on any atom is 0.477 e. The Labute approximate surface area is 232 Å². The smallest absolute Gasteiger partial charge is 0.378 e. The van der Waals surface area contributed by atoms with Gasteiger partial charge in [-0.1, -0.05) is 6.07 Å². The molecule has 5 aromatic heterocycles. The minimum atomic E-state index is -4.54. The molecule has 1 fully saturated rings. The van der Waals surface area contributed by atoms with Crippen LogP contribution in [0.3, 0.4) is 0 Å². The minimum absolute atomic E-state index is 0.0479. The first-order valence-corrected chi connectivity index (χ1v) is 12.9. The molecule has 0 saturated carbocycles. The molecule has 1 aliphatic rings. The van der Waals surface area contributed by atoms with E-state index in [9.17, 15) is 18.0 Å². The molecule has 1 aliphatic heterocycles. The van der Waals surface area contributed by atoms with Crippen LogP contribution in [0.5, 0.6) is 0 Å².